The smallest absolute Gasteiger partial charge is 0.147 e. The molecule has 1 unspecified atom stereocenters. The monoisotopic (exact) mass is 303 g/mol. The molecule has 1 atom stereocenters. The summed E-state index contributed by atoms with van der Waals surface area (Å²) in [5.41, 5.74) is 2.27. The number of anilines is 1. The molecule has 3 heterocycles. The van der Waals surface area contributed by atoms with Gasteiger partial charge in [0.15, 0.2) is 0 Å². The highest BCUT2D eigenvalue weighted by molar-refractivity contribution is 7.18. The van der Waals surface area contributed by atoms with Crippen molar-refractivity contribution in [2.75, 3.05) is 5.32 Å². The molecule has 3 aromatic rings. The Kier molecular flexibility index (Phi) is 3.72. The average molecular weight is 303 g/mol. The van der Waals surface area contributed by atoms with Crippen LogP contribution >= 0.6 is 22.7 Å². The van der Waals surface area contributed by atoms with E-state index in [1.165, 1.54) is 10.4 Å². The second-order valence-electron chi connectivity index (χ2n) is 5.20. The number of rotatable bonds is 4. The van der Waals surface area contributed by atoms with E-state index in [4.69, 9.17) is 0 Å². The second-order valence-corrected chi connectivity index (χ2v) is 7.06. The maximum atomic E-state index is 4.45. The quantitative estimate of drug-likeness (QED) is 0.747. The van der Waals surface area contributed by atoms with E-state index in [9.17, 15) is 0 Å². The van der Waals surface area contributed by atoms with Crippen LogP contribution in [0.15, 0.2) is 29.2 Å². The van der Waals surface area contributed by atoms with Gasteiger partial charge in [0, 0.05) is 4.88 Å². The van der Waals surface area contributed by atoms with Crippen molar-refractivity contribution in [2.24, 2.45) is 5.92 Å². The fourth-order valence-electron chi connectivity index (χ4n) is 2.25. The number of hydrogen-bond donors (Lipinski definition) is 1. The van der Waals surface area contributed by atoms with Gasteiger partial charge in [-0.05, 0) is 35.2 Å². The number of nitrogens with zero attached hydrogens (tertiary/aromatic N) is 2. The van der Waals surface area contributed by atoms with Gasteiger partial charge in [-0.15, -0.1) is 22.7 Å². The van der Waals surface area contributed by atoms with Gasteiger partial charge in [-0.2, -0.15) is 0 Å². The van der Waals surface area contributed by atoms with Crippen molar-refractivity contribution >= 4 is 38.7 Å². The minimum Gasteiger partial charge on any atom is -0.361 e. The van der Waals surface area contributed by atoms with Crippen LogP contribution in [0.3, 0.4) is 0 Å². The van der Waals surface area contributed by atoms with Crippen LogP contribution in [0.4, 0.5) is 5.82 Å². The number of thiophene rings is 2. The summed E-state index contributed by atoms with van der Waals surface area (Å²) in [7, 11) is 0. The highest BCUT2D eigenvalue weighted by atomic mass is 32.1. The fraction of sp³-hybridized carbons (Fsp3) is 0.333. The predicted molar refractivity (Wildman–Crippen MR) is 87.7 cm³/mol. The van der Waals surface area contributed by atoms with E-state index in [0.29, 0.717) is 5.92 Å². The standard InChI is InChI=1S/C15H17N3S2/c1-9(2)12(11-5-4-6-19-11)18-15-14-13(16-8-17-15)10(3)7-20-14/h4-9,12H,1-3H3,(H,16,17,18). The maximum absolute atomic E-state index is 4.45. The van der Waals surface area contributed by atoms with Crippen molar-refractivity contribution in [1.29, 1.82) is 0 Å². The van der Waals surface area contributed by atoms with Gasteiger partial charge in [0.1, 0.15) is 12.1 Å². The topological polar surface area (TPSA) is 37.8 Å². The number of hydrogen-bond acceptors (Lipinski definition) is 5. The Morgan fingerprint density at radius 3 is 2.75 bits per heavy atom. The molecule has 0 aliphatic rings. The fourth-order valence-corrected chi connectivity index (χ4v) is 4.16. The molecule has 3 aromatic heterocycles. The van der Waals surface area contributed by atoms with E-state index >= 15 is 0 Å². The number of fused-ring (bicyclic) bond motifs is 1. The molecule has 0 fully saturated rings. The van der Waals surface area contributed by atoms with E-state index in [1.807, 2.05) is 0 Å². The highest BCUT2D eigenvalue weighted by Gasteiger charge is 2.19. The zero-order valence-corrected chi connectivity index (χ0v) is 13.4. The molecular formula is C15H17N3S2. The van der Waals surface area contributed by atoms with Crippen LogP contribution in [-0.4, -0.2) is 9.97 Å². The molecule has 20 heavy (non-hydrogen) atoms. The summed E-state index contributed by atoms with van der Waals surface area (Å²) >= 11 is 3.49. The van der Waals surface area contributed by atoms with E-state index in [1.54, 1.807) is 29.0 Å². The van der Waals surface area contributed by atoms with Crippen molar-refractivity contribution in [3.63, 3.8) is 0 Å². The highest BCUT2D eigenvalue weighted by Crippen LogP contribution is 2.34. The lowest BCUT2D eigenvalue weighted by molar-refractivity contribution is 0.552. The summed E-state index contributed by atoms with van der Waals surface area (Å²) in [6.07, 6.45) is 1.65. The van der Waals surface area contributed by atoms with Crippen LogP contribution in [0.2, 0.25) is 0 Å². The van der Waals surface area contributed by atoms with E-state index in [-0.39, 0.29) is 6.04 Å². The second kappa shape index (κ2) is 5.50. The first-order valence-electron chi connectivity index (χ1n) is 6.65. The zero-order chi connectivity index (χ0) is 14.1. The Morgan fingerprint density at radius 1 is 1.20 bits per heavy atom. The lowest BCUT2D eigenvalue weighted by Crippen LogP contribution is -2.16. The minimum absolute atomic E-state index is 0.288. The number of aromatic nitrogens is 2. The molecule has 0 radical (unpaired) electrons. The summed E-state index contributed by atoms with van der Waals surface area (Å²) in [5, 5.41) is 7.87. The van der Waals surface area contributed by atoms with E-state index < -0.39 is 0 Å². The SMILES string of the molecule is Cc1csc2c(NC(c3cccs3)C(C)C)ncnc12. The van der Waals surface area contributed by atoms with E-state index in [2.05, 4.69) is 58.9 Å². The van der Waals surface area contributed by atoms with Crippen LogP contribution < -0.4 is 5.32 Å². The van der Waals surface area contributed by atoms with Gasteiger partial charge in [-0.1, -0.05) is 19.9 Å². The Balaban J connectivity index is 1.99. The molecular weight excluding hydrogens is 286 g/mol. The number of nitrogens with one attached hydrogen (secondary N) is 1. The van der Waals surface area contributed by atoms with Crippen LogP contribution in [0.25, 0.3) is 10.2 Å². The Morgan fingerprint density at radius 2 is 2.05 bits per heavy atom. The average Bonchev–Trinajstić information content (AvgIpc) is 3.06. The molecule has 0 spiro atoms. The number of aryl methyl sites for hydroxylation is 1. The van der Waals surface area contributed by atoms with Crippen LogP contribution in [0.5, 0.6) is 0 Å². The van der Waals surface area contributed by atoms with Gasteiger partial charge in [0.2, 0.25) is 0 Å². The molecule has 1 N–H and O–H groups in total. The van der Waals surface area contributed by atoms with Crippen molar-refractivity contribution in [3.8, 4) is 0 Å². The molecule has 0 aliphatic carbocycles. The van der Waals surface area contributed by atoms with E-state index in [0.717, 1.165) is 16.0 Å². The summed E-state index contributed by atoms with van der Waals surface area (Å²) in [6, 6.07) is 4.57. The molecule has 0 aromatic carbocycles. The van der Waals surface area contributed by atoms with Crippen molar-refractivity contribution in [3.05, 3.63) is 39.7 Å². The molecule has 0 amide bonds. The Labute approximate surface area is 126 Å². The molecule has 3 rings (SSSR count). The largest absolute Gasteiger partial charge is 0.361 e. The van der Waals surface area contributed by atoms with Crippen molar-refractivity contribution in [2.45, 2.75) is 26.8 Å². The van der Waals surface area contributed by atoms with Gasteiger partial charge in [-0.25, -0.2) is 9.97 Å². The molecule has 0 saturated carbocycles. The summed E-state index contributed by atoms with van der Waals surface area (Å²) in [4.78, 5) is 10.2. The summed E-state index contributed by atoms with van der Waals surface area (Å²) in [5.74, 6) is 1.44. The lowest BCUT2D eigenvalue weighted by atomic mass is 10.0. The molecule has 0 saturated heterocycles. The first-order valence-corrected chi connectivity index (χ1v) is 8.41. The third kappa shape index (κ3) is 2.43. The van der Waals surface area contributed by atoms with Gasteiger partial charge in [0.05, 0.1) is 16.3 Å². The van der Waals surface area contributed by atoms with Gasteiger partial charge >= 0.3 is 0 Å². The van der Waals surface area contributed by atoms with Gasteiger partial charge in [0.25, 0.3) is 0 Å². The Hall–Kier alpha value is -1.46. The molecule has 0 aliphatic heterocycles. The molecule has 0 bridgehead atoms. The zero-order valence-electron chi connectivity index (χ0n) is 11.8. The lowest BCUT2D eigenvalue weighted by Gasteiger charge is -2.22. The van der Waals surface area contributed by atoms with Crippen LogP contribution in [0.1, 0.15) is 30.3 Å². The normalized spacial score (nSPS) is 13.0. The van der Waals surface area contributed by atoms with Crippen LogP contribution in [-0.2, 0) is 0 Å². The maximum Gasteiger partial charge on any atom is 0.147 e. The molecule has 5 heteroatoms. The first kappa shape index (κ1) is 13.5. The predicted octanol–water partition coefficient (Wildman–Crippen LogP) is 4.87. The first-order chi connectivity index (χ1) is 9.66. The summed E-state index contributed by atoms with van der Waals surface area (Å²) in [6.45, 7) is 6.56. The van der Waals surface area contributed by atoms with Gasteiger partial charge in [-0.3, -0.25) is 0 Å². The molecule has 104 valence electrons. The summed E-state index contributed by atoms with van der Waals surface area (Å²) < 4.78 is 1.15. The minimum atomic E-state index is 0.288. The third-order valence-corrected chi connectivity index (χ3v) is 5.39. The van der Waals surface area contributed by atoms with Gasteiger partial charge < -0.3 is 5.32 Å². The third-order valence-electron chi connectivity index (χ3n) is 3.34. The van der Waals surface area contributed by atoms with Crippen molar-refractivity contribution in [1.82, 2.24) is 9.97 Å². The van der Waals surface area contributed by atoms with Crippen LogP contribution in [0, 0.1) is 12.8 Å². The Bertz CT molecular complexity index is 701. The van der Waals surface area contributed by atoms with Crippen molar-refractivity contribution < 1.29 is 0 Å². The molecule has 3 nitrogen and oxygen atoms in total.